The second-order valence-corrected chi connectivity index (χ2v) is 7.89. The minimum Gasteiger partial charge on any atom is -0.504 e. The second kappa shape index (κ2) is 10.8. The molecule has 0 aliphatic heterocycles. The minimum atomic E-state index is -0.932. The van der Waals surface area contributed by atoms with Crippen molar-refractivity contribution < 1.29 is 24.2 Å². The predicted molar refractivity (Wildman–Crippen MR) is 123 cm³/mol. The van der Waals surface area contributed by atoms with E-state index in [4.69, 9.17) is 9.47 Å². The van der Waals surface area contributed by atoms with Gasteiger partial charge >= 0.3 is 0 Å². The highest BCUT2D eigenvalue weighted by Crippen LogP contribution is 2.31. The average Bonchev–Trinajstić information content (AvgIpc) is 2.70. The van der Waals surface area contributed by atoms with Gasteiger partial charge in [0.1, 0.15) is 11.7 Å². The van der Waals surface area contributed by atoms with Gasteiger partial charge in [-0.1, -0.05) is 13.8 Å². The number of hydrazone groups is 1. The molecular weight excluding hydrogens is 501 g/mol. The lowest BCUT2D eigenvalue weighted by Crippen LogP contribution is -2.39. The number of amides is 2. The molecule has 0 spiro atoms. The predicted octanol–water partition coefficient (Wildman–Crippen LogP) is 3.38. The SMILES string of the molecule is COc1ccc(NC(=O)C(C(=O)NN=Cc2cc(I)c(O)c(OC)c2)C(C)C)cc1. The molecule has 1 unspecified atom stereocenters. The van der Waals surface area contributed by atoms with Crippen LogP contribution < -0.4 is 20.2 Å². The number of rotatable bonds is 8. The van der Waals surface area contributed by atoms with Crippen molar-refractivity contribution in [3.05, 3.63) is 45.5 Å². The molecular formula is C21H24IN3O5. The van der Waals surface area contributed by atoms with E-state index in [0.29, 0.717) is 26.3 Å². The Labute approximate surface area is 188 Å². The zero-order valence-electron chi connectivity index (χ0n) is 17.1. The van der Waals surface area contributed by atoms with Gasteiger partial charge < -0.3 is 19.9 Å². The molecule has 0 aliphatic carbocycles. The van der Waals surface area contributed by atoms with E-state index in [1.807, 2.05) is 22.6 Å². The summed E-state index contributed by atoms with van der Waals surface area (Å²) in [5, 5.41) is 16.6. The van der Waals surface area contributed by atoms with Crippen LogP contribution >= 0.6 is 22.6 Å². The summed E-state index contributed by atoms with van der Waals surface area (Å²) in [4.78, 5) is 25.2. The first-order chi connectivity index (χ1) is 14.3. The minimum absolute atomic E-state index is 0.0364. The van der Waals surface area contributed by atoms with Crippen LogP contribution in [0, 0.1) is 15.4 Å². The van der Waals surface area contributed by atoms with Crippen LogP contribution in [0.15, 0.2) is 41.5 Å². The molecule has 160 valence electrons. The molecule has 2 aromatic rings. The van der Waals surface area contributed by atoms with Crippen molar-refractivity contribution in [3.8, 4) is 17.2 Å². The smallest absolute Gasteiger partial charge is 0.252 e. The van der Waals surface area contributed by atoms with Crippen LogP contribution in [-0.2, 0) is 9.59 Å². The van der Waals surface area contributed by atoms with E-state index in [2.05, 4.69) is 15.8 Å². The fourth-order valence-electron chi connectivity index (χ4n) is 2.68. The van der Waals surface area contributed by atoms with Crippen LogP contribution in [0.4, 0.5) is 5.69 Å². The third-order valence-electron chi connectivity index (χ3n) is 4.25. The summed E-state index contributed by atoms with van der Waals surface area (Å²) in [7, 11) is 3.00. The molecule has 0 radical (unpaired) electrons. The lowest BCUT2D eigenvalue weighted by Gasteiger charge is -2.18. The number of ether oxygens (including phenoxy) is 2. The van der Waals surface area contributed by atoms with Gasteiger partial charge in [0.05, 0.1) is 24.0 Å². The maximum absolute atomic E-state index is 12.6. The van der Waals surface area contributed by atoms with Crippen molar-refractivity contribution in [2.45, 2.75) is 13.8 Å². The van der Waals surface area contributed by atoms with E-state index >= 15 is 0 Å². The van der Waals surface area contributed by atoms with Gasteiger partial charge in [-0.05, 0) is 70.5 Å². The fraction of sp³-hybridized carbons (Fsp3) is 0.286. The van der Waals surface area contributed by atoms with E-state index in [-0.39, 0.29) is 11.7 Å². The summed E-state index contributed by atoms with van der Waals surface area (Å²) in [5.74, 6) is -1.12. The van der Waals surface area contributed by atoms with Gasteiger partial charge in [0, 0.05) is 5.69 Å². The zero-order valence-corrected chi connectivity index (χ0v) is 19.3. The second-order valence-electron chi connectivity index (χ2n) is 6.73. The summed E-state index contributed by atoms with van der Waals surface area (Å²) >= 11 is 1.97. The number of halogens is 1. The van der Waals surface area contributed by atoms with E-state index < -0.39 is 17.7 Å². The van der Waals surface area contributed by atoms with Gasteiger partial charge in [0.15, 0.2) is 11.5 Å². The molecule has 3 N–H and O–H groups in total. The van der Waals surface area contributed by atoms with Crippen molar-refractivity contribution in [2.24, 2.45) is 16.9 Å². The molecule has 2 aromatic carbocycles. The number of hydrogen-bond acceptors (Lipinski definition) is 6. The molecule has 0 aliphatic rings. The molecule has 1 atom stereocenters. The van der Waals surface area contributed by atoms with E-state index in [9.17, 15) is 14.7 Å². The molecule has 0 aromatic heterocycles. The van der Waals surface area contributed by atoms with Crippen molar-refractivity contribution in [3.63, 3.8) is 0 Å². The molecule has 0 bridgehead atoms. The highest BCUT2D eigenvalue weighted by molar-refractivity contribution is 14.1. The number of nitrogens with zero attached hydrogens (tertiary/aromatic N) is 1. The van der Waals surface area contributed by atoms with Crippen LogP contribution in [-0.4, -0.2) is 37.4 Å². The third-order valence-corrected chi connectivity index (χ3v) is 5.07. The van der Waals surface area contributed by atoms with Gasteiger partial charge in [-0.25, -0.2) is 5.43 Å². The summed E-state index contributed by atoms with van der Waals surface area (Å²) in [6.45, 7) is 3.57. The molecule has 0 saturated heterocycles. The summed E-state index contributed by atoms with van der Waals surface area (Å²) in [5.41, 5.74) is 3.60. The van der Waals surface area contributed by atoms with Gasteiger partial charge in [-0.3, -0.25) is 9.59 Å². The topological polar surface area (TPSA) is 109 Å². The summed E-state index contributed by atoms with van der Waals surface area (Å²) < 4.78 is 10.8. The number of aromatic hydroxyl groups is 1. The molecule has 2 amide bonds. The summed E-state index contributed by atoms with van der Waals surface area (Å²) in [6, 6.07) is 10.1. The Hall–Kier alpha value is -2.82. The Morgan fingerprint density at radius 1 is 1.10 bits per heavy atom. The highest BCUT2D eigenvalue weighted by atomic mass is 127. The number of anilines is 1. The molecule has 2 rings (SSSR count). The third kappa shape index (κ3) is 6.09. The molecule has 8 nitrogen and oxygen atoms in total. The Balaban J connectivity index is 2.07. The van der Waals surface area contributed by atoms with Crippen molar-refractivity contribution >= 4 is 46.3 Å². The van der Waals surface area contributed by atoms with Crippen molar-refractivity contribution in [1.29, 1.82) is 0 Å². The largest absolute Gasteiger partial charge is 0.504 e. The Kier molecular flexibility index (Phi) is 8.46. The van der Waals surface area contributed by atoms with E-state index in [1.165, 1.54) is 13.3 Å². The number of phenolic OH excluding ortho intramolecular Hbond substituents is 1. The molecule has 0 fully saturated rings. The van der Waals surface area contributed by atoms with E-state index in [0.717, 1.165) is 0 Å². The normalized spacial score (nSPS) is 11.9. The first kappa shape index (κ1) is 23.5. The van der Waals surface area contributed by atoms with Crippen molar-refractivity contribution in [2.75, 3.05) is 19.5 Å². The maximum atomic E-state index is 12.6. The van der Waals surface area contributed by atoms with Crippen molar-refractivity contribution in [1.82, 2.24) is 5.43 Å². The van der Waals surface area contributed by atoms with Crippen LogP contribution in [0.3, 0.4) is 0 Å². The monoisotopic (exact) mass is 525 g/mol. The number of hydrogen-bond donors (Lipinski definition) is 3. The Bertz CT molecular complexity index is 929. The van der Waals surface area contributed by atoms with Gasteiger partial charge in [0.2, 0.25) is 5.91 Å². The van der Waals surface area contributed by atoms with Gasteiger partial charge in [-0.15, -0.1) is 0 Å². The Morgan fingerprint density at radius 2 is 1.77 bits per heavy atom. The Morgan fingerprint density at radius 3 is 2.33 bits per heavy atom. The van der Waals surface area contributed by atoms with Gasteiger partial charge in [-0.2, -0.15) is 5.10 Å². The van der Waals surface area contributed by atoms with E-state index in [1.54, 1.807) is 57.4 Å². The number of carbonyl (C=O) groups is 2. The number of carbonyl (C=O) groups excluding carboxylic acids is 2. The first-order valence-corrected chi connectivity index (χ1v) is 10.2. The van der Waals surface area contributed by atoms with Crippen LogP contribution in [0.5, 0.6) is 17.2 Å². The van der Waals surface area contributed by atoms with Gasteiger partial charge in [0.25, 0.3) is 5.91 Å². The molecule has 30 heavy (non-hydrogen) atoms. The highest BCUT2D eigenvalue weighted by Gasteiger charge is 2.30. The quantitative estimate of drug-likeness (QED) is 0.212. The van der Waals surface area contributed by atoms with Crippen LogP contribution in [0.25, 0.3) is 0 Å². The maximum Gasteiger partial charge on any atom is 0.252 e. The standard InChI is InChI=1S/C21H24IN3O5/c1-12(2)18(20(27)24-14-5-7-15(29-3)8-6-14)21(28)25-23-11-13-9-16(22)19(26)17(10-13)30-4/h5-12,18,26H,1-4H3,(H,24,27)(H,25,28). The fourth-order valence-corrected chi connectivity index (χ4v) is 3.31. The number of nitrogens with one attached hydrogen (secondary N) is 2. The number of phenols is 1. The molecule has 0 saturated carbocycles. The lowest BCUT2D eigenvalue weighted by atomic mass is 9.94. The number of methoxy groups -OCH3 is 2. The molecule has 9 heteroatoms. The lowest BCUT2D eigenvalue weighted by molar-refractivity contribution is -0.134. The first-order valence-electron chi connectivity index (χ1n) is 9.11. The summed E-state index contributed by atoms with van der Waals surface area (Å²) in [6.07, 6.45) is 1.42. The zero-order chi connectivity index (χ0) is 22.3. The number of benzene rings is 2. The average molecular weight is 525 g/mol. The van der Waals surface area contributed by atoms with Crippen LogP contribution in [0.2, 0.25) is 0 Å². The molecule has 0 heterocycles. The van der Waals surface area contributed by atoms with Crippen LogP contribution in [0.1, 0.15) is 19.4 Å².